The van der Waals surface area contributed by atoms with E-state index in [4.69, 9.17) is 14.7 Å². The normalized spacial score (nSPS) is 12.8. The Morgan fingerprint density at radius 1 is 0.651 bits per heavy atom. The maximum absolute atomic E-state index is 6.54. The Bertz CT molecular complexity index is 1960. The van der Waals surface area contributed by atoms with Gasteiger partial charge in [-0.25, -0.2) is 9.97 Å². The van der Waals surface area contributed by atoms with Crippen LogP contribution in [0.25, 0.3) is 39.0 Å². The van der Waals surface area contributed by atoms with E-state index in [2.05, 4.69) is 138 Å². The van der Waals surface area contributed by atoms with E-state index < -0.39 is 0 Å². The monoisotopic (exact) mass is 571 g/mol. The fraction of sp³-hybridized carbons (Fsp3) is 0.324. The predicted octanol–water partition coefficient (Wildman–Crippen LogP) is 9.65. The van der Waals surface area contributed by atoms with Gasteiger partial charge in [0.15, 0.2) is 0 Å². The van der Waals surface area contributed by atoms with Crippen molar-refractivity contribution in [3.63, 3.8) is 0 Å². The molecular weight excluding hydrogens is 530 g/mol. The highest BCUT2D eigenvalue weighted by Crippen LogP contribution is 2.37. The standard InChI is InChI=1S/C37H41N5O/c1-35(2,3)23-16-17-38-33(19-23)42-30-13-11-10-12-26(30)27-15-14-25(21-31(27)42)43-34-20-24(36(4,5)6)18-28(39-34)29-22-32(41-40-29)37(7,8)9/h10-22H,1-9H3,(H,40,41). The van der Waals surface area contributed by atoms with Gasteiger partial charge in [0.05, 0.1) is 16.7 Å². The summed E-state index contributed by atoms with van der Waals surface area (Å²) >= 11 is 0. The number of fused-ring (bicyclic) bond motifs is 3. The number of nitrogens with zero attached hydrogens (tertiary/aromatic N) is 4. The molecule has 0 unspecified atom stereocenters. The van der Waals surface area contributed by atoms with Crippen LogP contribution >= 0.6 is 0 Å². The van der Waals surface area contributed by atoms with Gasteiger partial charge in [-0.05, 0) is 64.4 Å². The molecule has 6 nitrogen and oxygen atoms in total. The van der Waals surface area contributed by atoms with Gasteiger partial charge < -0.3 is 4.74 Å². The number of para-hydroxylation sites is 1. The van der Waals surface area contributed by atoms with Crippen molar-refractivity contribution < 1.29 is 4.74 Å². The van der Waals surface area contributed by atoms with Crippen molar-refractivity contribution in [3.8, 4) is 28.8 Å². The number of hydrogen-bond acceptors (Lipinski definition) is 4. The van der Waals surface area contributed by atoms with E-state index in [-0.39, 0.29) is 16.2 Å². The third kappa shape index (κ3) is 5.54. The highest BCUT2D eigenvalue weighted by molar-refractivity contribution is 6.09. The van der Waals surface area contributed by atoms with Crippen molar-refractivity contribution in [1.82, 2.24) is 24.7 Å². The van der Waals surface area contributed by atoms with Crippen LogP contribution < -0.4 is 4.74 Å². The largest absolute Gasteiger partial charge is 0.439 e. The molecule has 0 saturated heterocycles. The lowest BCUT2D eigenvalue weighted by Gasteiger charge is -2.20. The van der Waals surface area contributed by atoms with Gasteiger partial charge in [0.25, 0.3) is 0 Å². The molecule has 0 aliphatic heterocycles. The molecule has 0 amide bonds. The van der Waals surface area contributed by atoms with E-state index in [0.29, 0.717) is 11.6 Å². The van der Waals surface area contributed by atoms with Crippen molar-refractivity contribution in [2.45, 2.75) is 78.6 Å². The zero-order valence-electron chi connectivity index (χ0n) is 26.7. The van der Waals surface area contributed by atoms with Crippen LogP contribution in [-0.4, -0.2) is 24.7 Å². The zero-order valence-corrected chi connectivity index (χ0v) is 26.7. The molecule has 220 valence electrons. The molecule has 0 fully saturated rings. The molecule has 0 saturated carbocycles. The number of aromatic amines is 1. The first-order valence-corrected chi connectivity index (χ1v) is 15.0. The molecule has 6 rings (SSSR count). The summed E-state index contributed by atoms with van der Waals surface area (Å²) in [6, 6.07) is 25.3. The van der Waals surface area contributed by atoms with Crippen molar-refractivity contribution in [3.05, 3.63) is 95.8 Å². The summed E-state index contributed by atoms with van der Waals surface area (Å²) in [6.07, 6.45) is 1.90. The molecule has 4 heterocycles. The van der Waals surface area contributed by atoms with E-state index >= 15 is 0 Å². The van der Waals surface area contributed by atoms with Gasteiger partial charge in [0.1, 0.15) is 17.3 Å². The smallest absolute Gasteiger partial charge is 0.220 e. The van der Waals surface area contributed by atoms with Crippen molar-refractivity contribution in [2.75, 3.05) is 0 Å². The van der Waals surface area contributed by atoms with E-state index in [1.54, 1.807) is 0 Å². The lowest BCUT2D eigenvalue weighted by Crippen LogP contribution is -2.12. The average molecular weight is 572 g/mol. The minimum atomic E-state index is -0.0981. The van der Waals surface area contributed by atoms with Gasteiger partial charge in [-0.2, -0.15) is 5.10 Å². The van der Waals surface area contributed by atoms with Crippen LogP contribution in [0.15, 0.2) is 79.0 Å². The van der Waals surface area contributed by atoms with E-state index in [9.17, 15) is 0 Å². The Balaban J connectivity index is 1.48. The zero-order chi connectivity index (χ0) is 30.7. The fourth-order valence-electron chi connectivity index (χ4n) is 5.35. The molecule has 6 aromatic rings. The molecule has 43 heavy (non-hydrogen) atoms. The molecule has 4 aromatic heterocycles. The van der Waals surface area contributed by atoms with Gasteiger partial charge in [-0.1, -0.05) is 80.5 Å². The molecule has 0 atom stereocenters. The topological polar surface area (TPSA) is 68.6 Å². The first-order valence-electron chi connectivity index (χ1n) is 15.0. The summed E-state index contributed by atoms with van der Waals surface area (Å²) in [5, 5.41) is 10.1. The van der Waals surface area contributed by atoms with Crippen LogP contribution in [0.2, 0.25) is 0 Å². The second-order valence-corrected chi connectivity index (χ2v) is 14.5. The van der Waals surface area contributed by atoms with E-state index in [1.807, 2.05) is 18.3 Å². The highest BCUT2D eigenvalue weighted by atomic mass is 16.5. The Hall–Kier alpha value is -4.45. The summed E-state index contributed by atoms with van der Waals surface area (Å²) in [7, 11) is 0. The minimum absolute atomic E-state index is 0.00807. The first kappa shape index (κ1) is 28.7. The molecule has 6 heteroatoms. The third-order valence-corrected chi connectivity index (χ3v) is 8.02. The Labute approximate surface area is 254 Å². The number of benzene rings is 2. The van der Waals surface area contributed by atoms with Gasteiger partial charge >= 0.3 is 0 Å². The number of H-pyrrole nitrogens is 1. The van der Waals surface area contributed by atoms with Crippen LogP contribution in [0.5, 0.6) is 11.6 Å². The van der Waals surface area contributed by atoms with Gasteiger partial charge in [0.2, 0.25) is 5.88 Å². The fourth-order valence-corrected chi connectivity index (χ4v) is 5.35. The van der Waals surface area contributed by atoms with Crippen LogP contribution in [0.1, 0.15) is 79.1 Å². The second-order valence-electron chi connectivity index (χ2n) is 14.5. The third-order valence-electron chi connectivity index (χ3n) is 8.02. The molecule has 0 aliphatic rings. The van der Waals surface area contributed by atoms with Crippen LogP contribution in [0.4, 0.5) is 0 Å². The number of ether oxygens (including phenoxy) is 1. The Morgan fingerprint density at radius 2 is 1.37 bits per heavy atom. The van der Waals surface area contributed by atoms with Crippen LogP contribution in [0.3, 0.4) is 0 Å². The maximum Gasteiger partial charge on any atom is 0.220 e. The molecule has 0 spiro atoms. The van der Waals surface area contributed by atoms with E-state index in [0.717, 1.165) is 44.9 Å². The molecule has 1 N–H and O–H groups in total. The minimum Gasteiger partial charge on any atom is -0.439 e. The number of aromatic nitrogens is 5. The predicted molar refractivity (Wildman–Crippen MR) is 177 cm³/mol. The summed E-state index contributed by atoms with van der Waals surface area (Å²) in [6.45, 7) is 19.8. The highest BCUT2D eigenvalue weighted by Gasteiger charge is 2.22. The quantitative estimate of drug-likeness (QED) is 0.229. The molecular formula is C37H41N5O. The number of pyridine rings is 2. The van der Waals surface area contributed by atoms with Crippen LogP contribution in [-0.2, 0) is 16.2 Å². The van der Waals surface area contributed by atoms with Gasteiger partial charge in [-0.3, -0.25) is 9.67 Å². The Morgan fingerprint density at radius 3 is 2.07 bits per heavy atom. The molecule has 0 bridgehead atoms. The summed E-state index contributed by atoms with van der Waals surface area (Å²) in [4.78, 5) is 9.74. The lowest BCUT2D eigenvalue weighted by atomic mass is 9.87. The summed E-state index contributed by atoms with van der Waals surface area (Å²) in [5.74, 6) is 2.14. The number of hydrogen-bond donors (Lipinski definition) is 1. The van der Waals surface area contributed by atoms with Gasteiger partial charge in [-0.15, -0.1) is 0 Å². The number of nitrogens with one attached hydrogen (secondary N) is 1. The van der Waals surface area contributed by atoms with Crippen molar-refractivity contribution >= 4 is 21.8 Å². The number of rotatable bonds is 4. The average Bonchev–Trinajstić information content (AvgIpc) is 3.56. The summed E-state index contributed by atoms with van der Waals surface area (Å²) < 4.78 is 8.77. The maximum atomic E-state index is 6.54. The van der Waals surface area contributed by atoms with Crippen molar-refractivity contribution in [1.29, 1.82) is 0 Å². The lowest BCUT2D eigenvalue weighted by molar-refractivity contribution is 0.460. The molecule has 0 radical (unpaired) electrons. The molecule has 0 aliphatic carbocycles. The van der Waals surface area contributed by atoms with Crippen LogP contribution in [0, 0.1) is 0 Å². The molecule has 2 aromatic carbocycles. The first-order chi connectivity index (χ1) is 20.2. The van der Waals surface area contributed by atoms with E-state index in [1.165, 1.54) is 10.9 Å². The summed E-state index contributed by atoms with van der Waals surface area (Å²) in [5.41, 5.74) is 7.03. The van der Waals surface area contributed by atoms with Gasteiger partial charge in [0, 0.05) is 40.2 Å². The second kappa shape index (κ2) is 10.1. The SMILES string of the molecule is CC(C)(C)c1cc(Oc2ccc3c4ccccc4n(-c4cc(C(C)(C)C)ccn4)c3c2)nc(-c2cc(C(C)(C)C)[nH]n2)c1. The van der Waals surface area contributed by atoms with Crippen molar-refractivity contribution in [2.24, 2.45) is 0 Å². The Kier molecular flexibility index (Phi) is 6.72.